The average Bonchev–Trinajstić information content (AvgIpc) is 3.14. The Morgan fingerprint density at radius 3 is 0.979 bits per heavy atom. The first-order valence-electron chi connectivity index (χ1n) is 15.8. The van der Waals surface area contributed by atoms with Gasteiger partial charge in [0, 0.05) is 42.5 Å². The molecule has 0 fully saturated rings. The summed E-state index contributed by atoms with van der Waals surface area (Å²) in [5.41, 5.74) is 9.26. The van der Waals surface area contributed by atoms with Crippen molar-refractivity contribution < 1.29 is 0 Å². The second kappa shape index (κ2) is 14.7. The minimum atomic E-state index is 1.08. The third kappa shape index (κ3) is 7.52. The summed E-state index contributed by atoms with van der Waals surface area (Å²) in [6.45, 7) is 0. The molecule has 8 aromatic carbocycles. The summed E-state index contributed by atoms with van der Waals surface area (Å²) in [5, 5.41) is 12.1. The van der Waals surface area contributed by atoms with E-state index in [4.69, 9.17) is 0 Å². The highest BCUT2D eigenvalue weighted by molar-refractivity contribution is 9.10. The Labute approximate surface area is 298 Å². The lowest BCUT2D eigenvalue weighted by Crippen LogP contribution is -1.92. The summed E-state index contributed by atoms with van der Waals surface area (Å²) < 4.78 is 2.22. The Morgan fingerprint density at radius 2 is 0.604 bits per heavy atom. The van der Waals surface area contributed by atoms with Crippen LogP contribution in [0.5, 0.6) is 0 Å². The van der Waals surface area contributed by atoms with Gasteiger partial charge in [-0.05, 0) is 93.7 Å². The first-order valence-corrected chi connectivity index (χ1v) is 17.4. The highest BCUT2D eigenvalue weighted by Gasteiger charge is 2.04. The van der Waals surface area contributed by atoms with Crippen LogP contribution in [0.25, 0.3) is 43.8 Å². The zero-order valence-electron chi connectivity index (χ0n) is 26.1. The van der Waals surface area contributed by atoms with E-state index in [-0.39, 0.29) is 0 Å². The van der Waals surface area contributed by atoms with E-state index < -0.39 is 0 Å². The van der Waals surface area contributed by atoms with Crippen LogP contribution in [0.4, 0.5) is 22.7 Å². The van der Waals surface area contributed by atoms with E-state index in [9.17, 15) is 0 Å². The van der Waals surface area contributed by atoms with Gasteiger partial charge in [0.05, 0.1) is 0 Å². The van der Waals surface area contributed by atoms with Gasteiger partial charge < -0.3 is 10.6 Å². The molecule has 2 nitrogen and oxygen atoms in total. The van der Waals surface area contributed by atoms with Gasteiger partial charge in [-0.15, -0.1) is 0 Å². The van der Waals surface area contributed by atoms with E-state index in [2.05, 4.69) is 224 Å². The molecule has 48 heavy (non-hydrogen) atoms. The van der Waals surface area contributed by atoms with Crippen LogP contribution in [-0.2, 0) is 0 Å². The van der Waals surface area contributed by atoms with E-state index >= 15 is 0 Å². The van der Waals surface area contributed by atoms with Gasteiger partial charge in [0.15, 0.2) is 0 Å². The van der Waals surface area contributed by atoms with Crippen molar-refractivity contribution in [2.75, 3.05) is 10.6 Å². The molecule has 4 heteroatoms. The number of rotatable bonds is 6. The third-order valence-corrected chi connectivity index (χ3v) is 9.32. The quantitative estimate of drug-likeness (QED) is 0.177. The highest BCUT2D eigenvalue weighted by atomic mass is 79.9. The molecular formula is C44H32Br2N2. The number of nitrogens with one attached hydrogen (secondary N) is 2. The van der Waals surface area contributed by atoms with Crippen LogP contribution in [0.2, 0.25) is 0 Å². The van der Waals surface area contributed by atoms with Crippen molar-refractivity contribution in [1.82, 2.24) is 0 Å². The van der Waals surface area contributed by atoms with Gasteiger partial charge in [0.25, 0.3) is 0 Å². The van der Waals surface area contributed by atoms with E-state index in [1.165, 1.54) is 43.8 Å². The fraction of sp³-hybridized carbons (Fsp3) is 0. The zero-order chi connectivity index (χ0) is 32.7. The molecule has 0 aliphatic heterocycles. The average molecular weight is 749 g/mol. The van der Waals surface area contributed by atoms with Crippen molar-refractivity contribution in [3.63, 3.8) is 0 Å². The zero-order valence-corrected chi connectivity index (χ0v) is 29.2. The fourth-order valence-corrected chi connectivity index (χ4v) is 6.29. The summed E-state index contributed by atoms with van der Waals surface area (Å²) in [6, 6.07) is 63.5. The second-order valence-electron chi connectivity index (χ2n) is 11.5. The van der Waals surface area contributed by atoms with Crippen molar-refractivity contribution in [2.45, 2.75) is 0 Å². The molecule has 0 heterocycles. The van der Waals surface area contributed by atoms with Crippen LogP contribution >= 0.6 is 31.9 Å². The van der Waals surface area contributed by atoms with Gasteiger partial charge >= 0.3 is 0 Å². The molecule has 0 aliphatic carbocycles. The normalized spacial score (nSPS) is 10.7. The number of fused-ring (bicyclic) bond motifs is 2. The lowest BCUT2D eigenvalue weighted by Gasteiger charge is -2.12. The van der Waals surface area contributed by atoms with Crippen molar-refractivity contribution in [1.29, 1.82) is 0 Å². The predicted octanol–water partition coefficient (Wildman–Crippen LogP) is 14.0. The van der Waals surface area contributed by atoms with Gasteiger partial charge in [-0.2, -0.15) is 0 Å². The molecule has 8 rings (SSSR count). The summed E-state index contributed by atoms with van der Waals surface area (Å²) in [4.78, 5) is 0. The molecule has 0 spiro atoms. The van der Waals surface area contributed by atoms with Crippen LogP contribution in [0, 0.1) is 0 Å². The summed E-state index contributed by atoms with van der Waals surface area (Å²) in [5.74, 6) is 0. The number of anilines is 4. The fourth-order valence-electron chi connectivity index (χ4n) is 5.76. The third-order valence-electron chi connectivity index (χ3n) is 8.26. The first-order chi connectivity index (χ1) is 23.6. The van der Waals surface area contributed by atoms with Crippen LogP contribution < -0.4 is 10.6 Å². The van der Waals surface area contributed by atoms with Crippen molar-refractivity contribution in [3.05, 3.63) is 191 Å². The Kier molecular flexibility index (Phi) is 9.65. The Hall–Kier alpha value is -5.16. The maximum atomic E-state index is 3.57. The minimum Gasteiger partial charge on any atom is -0.355 e. The molecule has 0 amide bonds. The molecule has 0 bridgehead atoms. The second-order valence-corrected chi connectivity index (χ2v) is 13.3. The van der Waals surface area contributed by atoms with Crippen molar-refractivity contribution >= 4 is 76.2 Å². The number of halogens is 2. The lowest BCUT2D eigenvalue weighted by atomic mass is 10.0. The van der Waals surface area contributed by atoms with E-state index in [1.807, 2.05) is 0 Å². The molecule has 0 aliphatic rings. The molecule has 2 N–H and O–H groups in total. The number of benzene rings is 8. The van der Waals surface area contributed by atoms with Gasteiger partial charge in [-0.3, -0.25) is 0 Å². The molecule has 0 unspecified atom stereocenters. The summed E-state index contributed by atoms with van der Waals surface area (Å²) >= 11 is 6.84. The van der Waals surface area contributed by atoms with Gasteiger partial charge in [0.1, 0.15) is 0 Å². The van der Waals surface area contributed by atoms with Gasteiger partial charge in [-0.1, -0.05) is 153 Å². The summed E-state index contributed by atoms with van der Waals surface area (Å²) in [6.07, 6.45) is 0. The maximum absolute atomic E-state index is 3.57. The molecular weight excluding hydrogens is 716 g/mol. The van der Waals surface area contributed by atoms with Crippen LogP contribution in [0.1, 0.15) is 0 Å². The molecule has 0 aromatic heterocycles. The largest absolute Gasteiger partial charge is 0.355 e. The summed E-state index contributed by atoms with van der Waals surface area (Å²) in [7, 11) is 0. The lowest BCUT2D eigenvalue weighted by molar-refractivity contribution is 1.54. The standard InChI is InChI=1S/C32H24N2.C12H8Br2/c1-3-11-29-25(7-1)9-5-13-31(29)33-27-19-15-23(16-20-27)24-17-21-28(22-18-24)34-32-14-6-10-26-8-2-4-12-30(26)32;13-11-5-1-9(2-6-11)10-3-7-12(14)8-4-10/h1-22,33-34H;1-8H. The predicted molar refractivity (Wildman–Crippen MR) is 214 cm³/mol. The SMILES string of the molecule is Brc1ccc(-c2ccc(Br)cc2)cc1.c1ccc2c(Nc3ccc(-c4ccc(Nc5cccc6ccccc56)cc4)cc3)cccc2c1. The minimum absolute atomic E-state index is 1.08. The van der Waals surface area contributed by atoms with Crippen LogP contribution in [0.3, 0.4) is 0 Å². The van der Waals surface area contributed by atoms with E-state index in [0.29, 0.717) is 0 Å². The van der Waals surface area contributed by atoms with Crippen LogP contribution in [0.15, 0.2) is 191 Å². The van der Waals surface area contributed by atoms with Gasteiger partial charge in [-0.25, -0.2) is 0 Å². The number of hydrogen-bond acceptors (Lipinski definition) is 2. The Bertz CT molecular complexity index is 2100. The molecule has 0 atom stereocenters. The van der Waals surface area contributed by atoms with Gasteiger partial charge in [0.2, 0.25) is 0 Å². The Morgan fingerprint density at radius 1 is 0.292 bits per heavy atom. The molecule has 0 radical (unpaired) electrons. The highest BCUT2D eigenvalue weighted by Crippen LogP contribution is 2.30. The molecule has 232 valence electrons. The maximum Gasteiger partial charge on any atom is 0.0463 e. The smallest absolute Gasteiger partial charge is 0.0463 e. The number of hydrogen-bond donors (Lipinski definition) is 2. The van der Waals surface area contributed by atoms with Crippen molar-refractivity contribution in [2.24, 2.45) is 0 Å². The monoisotopic (exact) mass is 746 g/mol. The Balaban J connectivity index is 0.000000218. The van der Waals surface area contributed by atoms with E-state index in [1.54, 1.807) is 0 Å². The topological polar surface area (TPSA) is 24.1 Å². The van der Waals surface area contributed by atoms with Crippen molar-refractivity contribution in [3.8, 4) is 22.3 Å². The molecule has 8 aromatic rings. The molecule has 0 saturated heterocycles. The van der Waals surface area contributed by atoms with E-state index in [0.717, 1.165) is 31.7 Å². The first kappa shape index (κ1) is 31.4. The van der Waals surface area contributed by atoms with Crippen LogP contribution in [-0.4, -0.2) is 0 Å². The molecule has 0 saturated carbocycles.